The van der Waals surface area contributed by atoms with Crippen LogP contribution in [0.1, 0.15) is 33.6 Å². The quantitative estimate of drug-likeness (QED) is 0.623. The van der Waals surface area contributed by atoms with Crippen LogP contribution in [0, 0.1) is 23.2 Å². The first-order valence-corrected chi connectivity index (χ1v) is 7.05. The maximum atomic E-state index is 12.6. The summed E-state index contributed by atoms with van der Waals surface area (Å²) in [6.45, 7) is 6.12. The van der Waals surface area contributed by atoms with Gasteiger partial charge in [-0.1, -0.05) is 30.7 Å². The van der Waals surface area contributed by atoms with Crippen molar-refractivity contribution >= 4 is 11.6 Å². The van der Waals surface area contributed by atoms with Crippen molar-refractivity contribution in [1.29, 1.82) is 0 Å². The lowest BCUT2D eigenvalue weighted by molar-refractivity contribution is -0.135. The first-order chi connectivity index (χ1) is 8.94. The second-order valence-corrected chi connectivity index (χ2v) is 6.50. The zero-order valence-electron chi connectivity index (χ0n) is 11.8. The fraction of sp³-hybridized carbons (Fsp3) is 0.529. The molecule has 2 heteroatoms. The molecule has 0 N–H and O–H groups in total. The number of carbonyl (C=O) groups is 2. The van der Waals surface area contributed by atoms with Gasteiger partial charge in [-0.05, 0) is 49.7 Å². The van der Waals surface area contributed by atoms with Gasteiger partial charge in [-0.25, -0.2) is 0 Å². The Morgan fingerprint density at radius 3 is 2.74 bits per heavy atom. The van der Waals surface area contributed by atoms with Crippen LogP contribution in [-0.2, 0) is 9.59 Å². The van der Waals surface area contributed by atoms with E-state index < -0.39 is 0 Å². The molecule has 0 heterocycles. The highest BCUT2D eigenvalue weighted by atomic mass is 16.1. The Morgan fingerprint density at radius 1 is 1.26 bits per heavy atom. The van der Waals surface area contributed by atoms with Crippen molar-refractivity contribution in [1.82, 2.24) is 0 Å². The summed E-state index contributed by atoms with van der Waals surface area (Å²) in [6, 6.07) is 0. The number of Topliss-reactive ketones (excluding diaryl/α,β-unsaturated/α-hetero) is 1. The molecule has 19 heavy (non-hydrogen) atoms. The fourth-order valence-electron chi connectivity index (χ4n) is 4.20. The second kappa shape index (κ2) is 4.03. The summed E-state index contributed by atoms with van der Waals surface area (Å²) in [5.41, 5.74) is 1.94. The molecule has 0 aliphatic heterocycles. The number of hydrogen-bond donors (Lipinski definition) is 0. The second-order valence-electron chi connectivity index (χ2n) is 6.50. The van der Waals surface area contributed by atoms with Crippen molar-refractivity contribution in [2.75, 3.05) is 0 Å². The fourth-order valence-corrected chi connectivity index (χ4v) is 4.20. The van der Waals surface area contributed by atoms with Gasteiger partial charge in [-0.15, -0.1) is 0 Å². The summed E-state index contributed by atoms with van der Waals surface area (Å²) in [5, 5.41) is 0. The highest BCUT2D eigenvalue weighted by Crippen LogP contribution is 2.52. The number of fused-ring (bicyclic) bond motifs is 3. The molecule has 2 nitrogen and oxygen atoms in total. The topological polar surface area (TPSA) is 34.1 Å². The van der Waals surface area contributed by atoms with Gasteiger partial charge >= 0.3 is 0 Å². The monoisotopic (exact) mass is 256 g/mol. The predicted octanol–water partition coefficient (Wildman–Crippen LogP) is 3.25. The van der Waals surface area contributed by atoms with Gasteiger partial charge in [0.1, 0.15) is 0 Å². The maximum absolute atomic E-state index is 12.6. The van der Waals surface area contributed by atoms with Crippen LogP contribution in [0.15, 0.2) is 35.5 Å². The number of carbonyl (C=O) groups excluding carboxylic acids is 2. The number of rotatable bonds is 0. The van der Waals surface area contributed by atoms with E-state index in [2.05, 4.69) is 19.9 Å². The Kier molecular flexibility index (Phi) is 2.67. The molecule has 0 aromatic rings. The largest absolute Gasteiger partial charge is 0.294 e. The SMILES string of the molecule is CC1=CC[C@@H]2C(C)=C[C@@]3(C)CC=CC(=O)[C@@H]3[C@H]2C1=O. The molecule has 3 aliphatic carbocycles. The highest BCUT2D eigenvalue weighted by Gasteiger charge is 2.52. The van der Waals surface area contributed by atoms with E-state index in [0.29, 0.717) is 0 Å². The Hall–Kier alpha value is -1.44. The van der Waals surface area contributed by atoms with Gasteiger partial charge in [-0.3, -0.25) is 9.59 Å². The summed E-state index contributed by atoms with van der Waals surface area (Å²) < 4.78 is 0. The van der Waals surface area contributed by atoms with Crippen molar-refractivity contribution < 1.29 is 9.59 Å². The van der Waals surface area contributed by atoms with Crippen LogP contribution < -0.4 is 0 Å². The molecule has 0 spiro atoms. The number of hydrogen-bond acceptors (Lipinski definition) is 2. The van der Waals surface area contributed by atoms with Gasteiger partial charge in [0.25, 0.3) is 0 Å². The lowest BCUT2D eigenvalue weighted by atomic mass is 9.53. The third-order valence-corrected chi connectivity index (χ3v) is 5.16. The molecule has 0 fully saturated rings. The van der Waals surface area contributed by atoms with Gasteiger partial charge in [-0.2, -0.15) is 0 Å². The van der Waals surface area contributed by atoms with Crippen molar-refractivity contribution in [3.63, 3.8) is 0 Å². The van der Waals surface area contributed by atoms with E-state index >= 15 is 0 Å². The van der Waals surface area contributed by atoms with E-state index in [1.165, 1.54) is 5.57 Å². The van der Waals surface area contributed by atoms with Crippen molar-refractivity contribution in [2.45, 2.75) is 33.6 Å². The van der Waals surface area contributed by atoms with E-state index in [1.807, 2.05) is 19.1 Å². The molecular weight excluding hydrogens is 236 g/mol. The van der Waals surface area contributed by atoms with Crippen LogP contribution in [0.2, 0.25) is 0 Å². The van der Waals surface area contributed by atoms with Crippen molar-refractivity contribution in [2.24, 2.45) is 23.2 Å². The summed E-state index contributed by atoms with van der Waals surface area (Å²) in [4.78, 5) is 24.9. The molecule has 0 amide bonds. The Bertz CT molecular complexity index is 550. The van der Waals surface area contributed by atoms with E-state index in [4.69, 9.17) is 0 Å². The first kappa shape index (κ1) is 12.6. The predicted molar refractivity (Wildman–Crippen MR) is 74.5 cm³/mol. The van der Waals surface area contributed by atoms with Crippen LogP contribution in [0.4, 0.5) is 0 Å². The van der Waals surface area contributed by atoms with Crippen LogP contribution in [0.3, 0.4) is 0 Å². The van der Waals surface area contributed by atoms with Gasteiger partial charge in [0.05, 0.1) is 0 Å². The van der Waals surface area contributed by atoms with Crippen molar-refractivity contribution in [3.8, 4) is 0 Å². The Balaban J connectivity index is 2.15. The summed E-state index contributed by atoms with van der Waals surface area (Å²) in [6.07, 6.45) is 9.68. The lowest BCUT2D eigenvalue weighted by Crippen LogP contribution is -2.49. The first-order valence-electron chi connectivity index (χ1n) is 7.05. The zero-order chi connectivity index (χ0) is 13.8. The van der Waals surface area contributed by atoms with E-state index in [-0.39, 0.29) is 34.7 Å². The van der Waals surface area contributed by atoms with Crippen LogP contribution in [0.25, 0.3) is 0 Å². The van der Waals surface area contributed by atoms with Crippen LogP contribution in [0.5, 0.6) is 0 Å². The zero-order valence-corrected chi connectivity index (χ0v) is 11.8. The summed E-state index contributed by atoms with van der Waals surface area (Å²) in [5.74, 6) is 0.239. The minimum Gasteiger partial charge on any atom is -0.294 e. The molecule has 4 atom stereocenters. The molecule has 0 saturated heterocycles. The Morgan fingerprint density at radius 2 is 2.00 bits per heavy atom. The highest BCUT2D eigenvalue weighted by molar-refractivity contribution is 6.04. The molecule has 3 aliphatic rings. The maximum Gasteiger partial charge on any atom is 0.162 e. The molecule has 0 aromatic heterocycles. The van der Waals surface area contributed by atoms with Crippen molar-refractivity contribution in [3.05, 3.63) is 35.5 Å². The van der Waals surface area contributed by atoms with E-state index in [0.717, 1.165) is 18.4 Å². The van der Waals surface area contributed by atoms with E-state index in [1.54, 1.807) is 6.08 Å². The normalized spacial score (nSPS) is 41.3. The molecule has 0 radical (unpaired) electrons. The average Bonchev–Trinajstić information content (AvgIpc) is 2.33. The average molecular weight is 256 g/mol. The molecule has 0 aromatic carbocycles. The summed E-state index contributed by atoms with van der Waals surface area (Å²) >= 11 is 0. The molecule has 0 unspecified atom stereocenters. The van der Waals surface area contributed by atoms with Gasteiger partial charge in [0.2, 0.25) is 0 Å². The molecule has 3 rings (SSSR count). The molecule has 0 saturated carbocycles. The van der Waals surface area contributed by atoms with Crippen LogP contribution >= 0.6 is 0 Å². The molecule has 0 bridgehead atoms. The smallest absolute Gasteiger partial charge is 0.162 e. The Labute approximate surface area is 114 Å². The van der Waals surface area contributed by atoms with Gasteiger partial charge in [0, 0.05) is 11.8 Å². The lowest BCUT2D eigenvalue weighted by Gasteiger charge is -2.48. The molecule has 100 valence electrons. The number of ketones is 2. The van der Waals surface area contributed by atoms with Gasteiger partial charge in [0.15, 0.2) is 11.6 Å². The third kappa shape index (κ3) is 1.69. The van der Waals surface area contributed by atoms with E-state index in [9.17, 15) is 9.59 Å². The standard InChI is InChI=1S/C17H20O2/c1-10-6-7-12-11(2)9-17(3)8-4-5-13(18)15(17)14(12)16(10)19/h4-6,9,12,14-15H,7-8H2,1-3H3/t12-,14+,15-,17-/m1/s1. The molecular formula is C17H20O2. The third-order valence-electron chi connectivity index (χ3n) is 5.16. The number of allylic oxidation sites excluding steroid dienone is 6. The summed E-state index contributed by atoms with van der Waals surface area (Å²) in [7, 11) is 0. The minimum atomic E-state index is -0.176. The van der Waals surface area contributed by atoms with Crippen LogP contribution in [-0.4, -0.2) is 11.6 Å². The minimum absolute atomic E-state index is 0.135. The van der Waals surface area contributed by atoms with Gasteiger partial charge < -0.3 is 0 Å².